The average Bonchev–Trinajstić information content (AvgIpc) is 2.81. The summed E-state index contributed by atoms with van der Waals surface area (Å²) in [4.78, 5) is 0. The van der Waals surface area contributed by atoms with Crippen molar-refractivity contribution in [3.63, 3.8) is 0 Å². The van der Waals surface area contributed by atoms with Crippen molar-refractivity contribution in [3.8, 4) is 0 Å². The van der Waals surface area contributed by atoms with Crippen molar-refractivity contribution in [1.29, 1.82) is 0 Å². The van der Waals surface area contributed by atoms with Crippen LogP contribution in [0.25, 0.3) is 0 Å². The zero-order valence-corrected chi connectivity index (χ0v) is 19.7. The molecule has 2 rings (SSSR count). The molecular weight excluding hydrogens is 436 g/mol. The van der Waals surface area contributed by atoms with Crippen LogP contribution in [0.1, 0.15) is 71.1 Å². The minimum atomic E-state index is -1.60. The third-order valence-electron chi connectivity index (χ3n) is 6.37. The molecule has 10 nitrogen and oxygen atoms in total. The fraction of sp³-hybridized carbons (Fsp3) is 1.00. The lowest BCUT2D eigenvalue weighted by Gasteiger charge is -2.43. The molecule has 2 aliphatic heterocycles. The van der Waals surface area contributed by atoms with Crippen LogP contribution in [0.2, 0.25) is 0 Å². The lowest BCUT2D eigenvalue weighted by molar-refractivity contribution is -0.343. The molecule has 0 aromatic rings. The van der Waals surface area contributed by atoms with Gasteiger partial charge in [-0.25, -0.2) is 0 Å². The van der Waals surface area contributed by atoms with E-state index >= 15 is 0 Å². The maximum atomic E-state index is 10.4. The van der Waals surface area contributed by atoms with Gasteiger partial charge < -0.3 is 49.6 Å². The second kappa shape index (κ2) is 15.6. The van der Waals surface area contributed by atoms with Crippen molar-refractivity contribution in [3.05, 3.63) is 0 Å². The second-order valence-electron chi connectivity index (χ2n) is 9.11. The van der Waals surface area contributed by atoms with Gasteiger partial charge in [-0.2, -0.15) is 0 Å². The number of ether oxygens (including phenoxy) is 4. The molecule has 2 saturated heterocycles. The van der Waals surface area contributed by atoms with Gasteiger partial charge in [0.1, 0.15) is 42.7 Å². The van der Waals surface area contributed by atoms with Crippen molar-refractivity contribution < 1.29 is 49.6 Å². The summed E-state index contributed by atoms with van der Waals surface area (Å²) in [5, 5.41) is 59.8. The molecule has 9 atom stereocenters. The van der Waals surface area contributed by atoms with Gasteiger partial charge in [0, 0.05) is 6.61 Å². The zero-order valence-electron chi connectivity index (χ0n) is 19.7. The van der Waals surface area contributed by atoms with E-state index in [4.69, 9.17) is 18.9 Å². The van der Waals surface area contributed by atoms with Crippen molar-refractivity contribution in [2.75, 3.05) is 19.8 Å². The predicted molar refractivity (Wildman–Crippen MR) is 118 cm³/mol. The Kier molecular flexibility index (Phi) is 13.6. The Bertz CT molecular complexity index is 508. The molecule has 0 aliphatic carbocycles. The highest BCUT2D eigenvalue weighted by Gasteiger charge is 2.47. The van der Waals surface area contributed by atoms with E-state index in [2.05, 4.69) is 6.92 Å². The van der Waals surface area contributed by atoms with Gasteiger partial charge in [0.25, 0.3) is 0 Å². The highest BCUT2D eigenvalue weighted by atomic mass is 16.7. The maximum absolute atomic E-state index is 10.4. The Morgan fingerprint density at radius 2 is 1.27 bits per heavy atom. The third-order valence-corrected chi connectivity index (χ3v) is 6.37. The molecule has 0 spiro atoms. The van der Waals surface area contributed by atoms with E-state index in [1.54, 1.807) is 0 Å². The number of aliphatic hydroxyl groups is 6. The molecule has 6 N–H and O–H groups in total. The summed E-state index contributed by atoms with van der Waals surface area (Å²) in [6, 6.07) is 0. The molecule has 2 heterocycles. The second-order valence-corrected chi connectivity index (χ2v) is 9.11. The molecule has 2 fully saturated rings. The van der Waals surface area contributed by atoms with Gasteiger partial charge in [-0.3, -0.25) is 0 Å². The number of hydrogen-bond donors (Lipinski definition) is 6. The van der Waals surface area contributed by atoms with Gasteiger partial charge in [0.05, 0.1) is 13.2 Å². The topological polar surface area (TPSA) is 158 Å². The van der Waals surface area contributed by atoms with Gasteiger partial charge in [-0.15, -0.1) is 0 Å². The van der Waals surface area contributed by atoms with E-state index in [9.17, 15) is 30.6 Å². The molecule has 0 bridgehead atoms. The van der Waals surface area contributed by atoms with Crippen molar-refractivity contribution >= 4 is 0 Å². The fourth-order valence-electron chi connectivity index (χ4n) is 4.18. The first-order valence-electron chi connectivity index (χ1n) is 12.5. The molecule has 33 heavy (non-hydrogen) atoms. The van der Waals surface area contributed by atoms with Gasteiger partial charge in [-0.05, 0) is 6.42 Å². The van der Waals surface area contributed by atoms with Crippen LogP contribution in [0, 0.1) is 0 Å². The first kappa shape index (κ1) is 28.8. The molecule has 0 saturated carbocycles. The zero-order chi connectivity index (χ0) is 24.2. The van der Waals surface area contributed by atoms with E-state index in [1.807, 2.05) is 0 Å². The predicted octanol–water partition coefficient (Wildman–Crippen LogP) is 0.187. The van der Waals surface area contributed by atoms with Crippen LogP contribution >= 0.6 is 0 Å². The molecule has 0 aromatic carbocycles. The molecule has 196 valence electrons. The Labute approximate surface area is 196 Å². The van der Waals surface area contributed by atoms with Crippen LogP contribution < -0.4 is 0 Å². The minimum absolute atomic E-state index is 0.129. The summed E-state index contributed by atoms with van der Waals surface area (Å²) < 4.78 is 21.8. The summed E-state index contributed by atoms with van der Waals surface area (Å²) >= 11 is 0. The van der Waals surface area contributed by atoms with Crippen LogP contribution in [0.15, 0.2) is 0 Å². The van der Waals surface area contributed by atoms with E-state index in [1.165, 1.54) is 44.9 Å². The van der Waals surface area contributed by atoms with Gasteiger partial charge >= 0.3 is 0 Å². The Morgan fingerprint density at radius 3 is 1.88 bits per heavy atom. The lowest BCUT2D eigenvalue weighted by atomic mass is 9.99. The van der Waals surface area contributed by atoms with E-state index in [0.29, 0.717) is 6.61 Å². The Balaban J connectivity index is 1.62. The fourth-order valence-corrected chi connectivity index (χ4v) is 4.18. The number of unbranched alkanes of at least 4 members (excludes halogenated alkanes) is 9. The SMILES string of the molecule is CCCCCCCCCCCCO[C@H]1OC[C@@H](O[C@H]2O[C@H](CO)[C@@H](O)[C@H](O)[C@H]2O)[C@H](O)[C@H]1O. The van der Waals surface area contributed by atoms with Gasteiger partial charge in [0.2, 0.25) is 0 Å². The summed E-state index contributed by atoms with van der Waals surface area (Å²) in [5.74, 6) is 0. The normalized spacial score (nSPS) is 37.4. The number of aliphatic hydroxyl groups excluding tert-OH is 6. The van der Waals surface area contributed by atoms with Crippen molar-refractivity contribution in [2.24, 2.45) is 0 Å². The van der Waals surface area contributed by atoms with Gasteiger partial charge in [-0.1, -0.05) is 64.7 Å². The number of rotatable bonds is 15. The van der Waals surface area contributed by atoms with Crippen LogP contribution in [0.5, 0.6) is 0 Å². The highest BCUT2D eigenvalue weighted by Crippen LogP contribution is 2.26. The molecule has 0 unspecified atom stereocenters. The van der Waals surface area contributed by atoms with E-state index in [0.717, 1.165) is 19.3 Å². The average molecular weight is 481 g/mol. The molecule has 10 heteroatoms. The molecule has 0 aromatic heterocycles. The van der Waals surface area contributed by atoms with E-state index < -0.39 is 61.9 Å². The summed E-state index contributed by atoms with van der Waals surface area (Å²) in [7, 11) is 0. The van der Waals surface area contributed by atoms with Crippen LogP contribution in [0.4, 0.5) is 0 Å². The summed E-state index contributed by atoms with van der Waals surface area (Å²) in [5.41, 5.74) is 0. The van der Waals surface area contributed by atoms with Gasteiger partial charge in [0.15, 0.2) is 12.6 Å². The first-order chi connectivity index (χ1) is 15.9. The van der Waals surface area contributed by atoms with Crippen LogP contribution in [-0.4, -0.2) is 106 Å². The third kappa shape index (κ3) is 8.96. The van der Waals surface area contributed by atoms with Crippen molar-refractivity contribution in [2.45, 2.75) is 126 Å². The standard InChI is InChI=1S/C23H44O10/c1-2-3-4-5-6-7-8-9-10-11-12-30-22-20(28)18(26)16(14-31-22)33-23-21(29)19(27)17(25)15(13-24)32-23/h15-29H,2-14H2,1H3/t15-,16-,17-,18+,19+,20-,21-,22+,23-/m1/s1. The van der Waals surface area contributed by atoms with Crippen molar-refractivity contribution in [1.82, 2.24) is 0 Å². The summed E-state index contributed by atoms with van der Waals surface area (Å²) in [6.07, 6.45) is -0.0202. The summed E-state index contributed by atoms with van der Waals surface area (Å²) in [6.45, 7) is 1.90. The molecular formula is C23H44O10. The van der Waals surface area contributed by atoms with Crippen LogP contribution in [0.3, 0.4) is 0 Å². The Hall–Kier alpha value is -0.400. The Morgan fingerprint density at radius 1 is 0.697 bits per heavy atom. The molecule has 2 aliphatic rings. The molecule has 0 radical (unpaired) electrons. The molecule has 0 amide bonds. The van der Waals surface area contributed by atoms with Crippen LogP contribution in [-0.2, 0) is 18.9 Å². The lowest BCUT2D eigenvalue weighted by Crippen LogP contribution is -2.62. The van der Waals surface area contributed by atoms with E-state index in [-0.39, 0.29) is 6.61 Å². The maximum Gasteiger partial charge on any atom is 0.187 e. The monoisotopic (exact) mass is 480 g/mol. The number of hydrogen-bond acceptors (Lipinski definition) is 10. The first-order valence-corrected chi connectivity index (χ1v) is 12.5. The minimum Gasteiger partial charge on any atom is -0.394 e. The highest BCUT2D eigenvalue weighted by molar-refractivity contribution is 4.91. The largest absolute Gasteiger partial charge is 0.394 e. The quantitative estimate of drug-likeness (QED) is 0.179. The smallest absolute Gasteiger partial charge is 0.187 e.